The Hall–Kier alpha value is -2.12. The number of esters is 1. The first-order valence-corrected chi connectivity index (χ1v) is 15.5. The largest absolute Gasteiger partial charge is 0.462 e. The van der Waals surface area contributed by atoms with Gasteiger partial charge >= 0.3 is 11.6 Å². The predicted octanol–water partition coefficient (Wildman–Crippen LogP) is 1.53. The normalized spacial score (nSPS) is 47.6. The minimum atomic E-state index is -1.50. The van der Waals surface area contributed by atoms with E-state index in [0.29, 0.717) is 19.3 Å². The number of allylic oxidation sites excluding steroid dienone is 1. The summed E-state index contributed by atoms with van der Waals surface area (Å²) in [6.45, 7) is 5.20. The molecule has 0 bridgehead atoms. The lowest BCUT2D eigenvalue weighted by Gasteiger charge is -2.61. The molecular weight excluding hydrogens is 560 g/mol. The highest BCUT2D eigenvalue weighted by Gasteiger charge is 2.70. The first kappa shape index (κ1) is 30.9. The Balaban J connectivity index is 1.25. The Kier molecular flexibility index (Phi) is 7.93. The van der Waals surface area contributed by atoms with Gasteiger partial charge in [-0.25, -0.2) is 4.79 Å². The summed E-state index contributed by atoms with van der Waals surface area (Å²) < 4.78 is 22.7. The third kappa shape index (κ3) is 4.83. The lowest BCUT2D eigenvalue weighted by atomic mass is 9.45. The average Bonchev–Trinajstić information content (AvgIpc) is 3.19. The summed E-state index contributed by atoms with van der Waals surface area (Å²) in [6.07, 6.45) is 0.779. The minimum Gasteiger partial charge on any atom is -0.462 e. The molecule has 3 saturated carbocycles. The highest BCUT2D eigenvalue weighted by Crippen LogP contribution is 2.70. The van der Waals surface area contributed by atoms with Crippen molar-refractivity contribution in [3.05, 3.63) is 46.0 Å². The van der Waals surface area contributed by atoms with Crippen molar-refractivity contribution in [1.82, 2.24) is 0 Å². The Bertz CT molecular complexity index is 1290. The minimum absolute atomic E-state index is 0.0323. The molecule has 43 heavy (non-hydrogen) atoms. The Labute approximate surface area is 250 Å². The maximum atomic E-state index is 12.7. The zero-order chi connectivity index (χ0) is 30.9. The van der Waals surface area contributed by atoms with Crippen molar-refractivity contribution < 1.29 is 49.0 Å². The van der Waals surface area contributed by atoms with Gasteiger partial charge in [0.1, 0.15) is 30.5 Å². The molecule has 1 aliphatic heterocycles. The van der Waals surface area contributed by atoms with Crippen LogP contribution in [0.25, 0.3) is 0 Å². The maximum Gasteiger partial charge on any atom is 0.335 e. The number of carbonyl (C=O) groups excluding carboxylic acids is 1. The van der Waals surface area contributed by atoms with Gasteiger partial charge in [0.15, 0.2) is 6.29 Å². The number of ether oxygens (including phenoxy) is 3. The van der Waals surface area contributed by atoms with Crippen LogP contribution in [0, 0.1) is 22.7 Å². The van der Waals surface area contributed by atoms with Gasteiger partial charge in [-0.1, -0.05) is 25.5 Å². The van der Waals surface area contributed by atoms with Crippen molar-refractivity contribution in [2.75, 3.05) is 6.61 Å². The van der Waals surface area contributed by atoms with Crippen LogP contribution in [0.5, 0.6) is 0 Å². The van der Waals surface area contributed by atoms with Crippen molar-refractivity contribution in [2.45, 2.75) is 120 Å². The van der Waals surface area contributed by atoms with Crippen molar-refractivity contribution in [3.8, 4) is 0 Å². The molecular formula is C32H44O11. The van der Waals surface area contributed by atoms with Gasteiger partial charge in [-0.05, 0) is 67.4 Å². The van der Waals surface area contributed by atoms with Crippen molar-refractivity contribution >= 4 is 5.97 Å². The second-order valence-corrected chi connectivity index (χ2v) is 13.9. The van der Waals surface area contributed by atoms with Gasteiger partial charge in [0.05, 0.1) is 24.6 Å². The fraction of sp³-hybridized carbons (Fsp3) is 0.750. The molecule has 5 N–H and O–H groups in total. The molecule has 0 amide bonds. The third-order valence-corrected chi connectivity index (χ3v) is 11.8. The number of hydrogen-bond acceptors (Lipinski definition) is 11. The molecule has 4 fully saturated rings. The maximum absolute atomic E-state index is 12.7. The lowest BCUT2D eigenvalue weighted by Crippen LogP contribution is -2.61. The van der Waals surface area contributed by atoms with E-state index in [1.165, 1.54) is 24.8 Å². The molecule has 238 valence electrons. The van der Waals surface area contributed by atoms with E-state index >= 15 is 0 Å². The molecule has 0 radical (unpaired) electrons. The number of aliphatic hydroxyl groups is 5. The number of fused-ring (bicyclic) bond motifs is 5. The van der Waals surface area contributed by atoms with Crippen LogP contribution in [0.4, 0.5) is 0 Å². The van der Waals surface area contributed by atoms with Crippen LogP contribution in [0.2, 0.25) is 0 Å². The van der Waals surface area contributed by atoms with Crippen LogP contribution in [-0.4, -0.2) is 86.6 Å². The molecule has 4 aliphatic carbocycles. The molecule has 6 rings (SSSR count). The van der Waals surface area contributed by atoms with E-state index in [9.17, 15) is 35.1 Å². The molecule has 1 aromatic rings. The van der Waals surface area contributed by atoms with Gasteiger partial charge in [-0.15, -0.1) is 0 Å². The quantitative estimate of drug-likeness (QED) is 0.243. The van der Waals surface area contributed by atoms with Crippen LogP contribution in [0.3, 0.4) is 0 Å². The van der Waals surface area contributed by atoms with Crippen LogP contribution >= 0.6 is 0 Å². The number of carbonyl (C=O) groups is 1. The first-order valence-electron chi connectivity index (χ1n) is 15.5. The second-order valence-electron chi connectivity index (χ2n) is 13.9. The summed E-state index contributed by atoms with van der Waals surface area (Å²) in [5, 5.41) is 53.0. The van der Waals surface area contributed by atoms with E-state index < -0.39 is 66.0 Å². The summed E-state index contributed by atoms with van der Waals surface area (Å²) in [6, 6.07) is 3.09. The molecule has 2 heterocycles. The van der Waals surface area contributed by atoms with Crippen molar-refractivity contribution in [2.24, 2.45) is 22.7 Å². The molecule has 5 aliphatic rings. The molecule has 11 nitrogen and oxygen atoms in total. The van der Waals surface area contributed by atoms with Crippen LogP contribution in [0.1, 0.15) is 77.2 Å². The molecule has 11 heteroatoms. The SMILES string of the molecule is CC(=O)O[C@H]1C[C@]2(O)[C@@H]3CCC4=C[C@@H](O[C@@H]5O[C@H](CO)[C@@H](O)[C@H](O)[C@H]5O)CC[C@]4(C)[C@H]3CC[C@]2(C)[C@H]1c1ccc(=O)oc1. The standard InChI is InChI=1S/C32H44O11/c1-16(34)41-22-13-32(39)21-6-5-18-12-19(42-29-28(38)27(37)26(36)23(14-33)43-29)8-10-30(18,2)20(21)9-11-31(32,3)25(22)17-4-7-24(35)40-15-17/h4,7,12,15,19-23,25-29,33,36-39H,5-6,8-11,13-14H2,1-3H3/t19-,20-,21+,22-,23+,25-,26+,27-,28+,29+,30-,31+,32-/m0/s1. The van der Waals surface area contributed by atoms with Crippen molar-refractivity contribution in [3.63, 3.8) is 0 Å². The summed E-state index contributed by atoms with van der Waals surface area (Å²) in [7, 11) is 0. The monoisotopic (exact) mass is 604 g/mol. The van der Waals surface area contributed by atoms with Crippen LogP contribution in [-0.2, 0) is 19.0 Å². The highest BCUT2D eigenvalue weighted by molar-refractivity contribution is 5.66. The van der Waals surface area contributed by atoms with Gasteiger partial charge in [-0.2, -0.15) is 0 Å². The molecule has 1 saturated heterocycles. The van der Waals surface area contributed by atoms with Gasteiger partial charge in [0.2, 0.25) is 0 Å². The van der Waals surface area contributed by atoms with Gasteiger partial charge in [0, 0.05) is 30.7 Å². The predicted molar refractivity (Wildman–Crippen MR) is 150 cm³/mol. The van der Waals surface area contributed by atoms with E-state index in [-0.39, 0.29) is 29.3 Å². The molecule has 1 aromatic heterocycles. The lowest BCUT2D eigenvalue weighted by molar-refractivity contribution is -0.308. The Morgan fingerprint density at radius 2 is 1.81 bits per heavy atom. The number of rotatable bonds is 5. The van der Waals surface area contributed by atoms with Crippen molar-refractivity contribution in [1.29, 1.82) is 0 Å². The Morgan fingerprint density at radius 3 is 2.49 bits per heavy atom. The van der Waals surface area contributed by atoms with E-state index in [2.05, 4.69) is 19.9 Å². The van der Waals surface area contributed by atoms with Gasteiger partial charge in [0.25, 0.3) is 0 Å². The fourth-order valence-corrected chi connectivity index (χ4v) is 9.59. The summed E-state index contributed by atoms with van der Waals surface area (Å²) in [5.74, 6) is -0.577. The summed E-state index contributed by atoms with van der Waals surface area (Å²) in [4.78, 5) is 23.9. The second kappa shape index (κ2) is 11.0. The zero-order valence-corrected chi connectivity index (χ0v) is 24.9. The molecule has 0 unspecified atom stereocenters. The summed E-state index contributed by atoms with van der Waals surface area (Å²) >= 11 is 0. The number of hydrogen-bond donors (Lipinski definition) is 5. The first-order chi connectivity index (χ1) is 20.3. The van der Waals surface area contributed by atoms with E-state index in [0.717, 1.165) is 31.2 Å². The smallest absolute Gasteiger partial charge is 0.335 e. The molecule has 13 atom stereocenters. The molecule has 0 aromatic carbocycles. The van der Waals surface area contributed by atoms with E-state index in [4.69, 9.17) is 18.6 Å². The zero-order valence-electron chi connectivity index (χ0n) is 24.9. The van der Waals surface area contributed by atoms with Gasteiger partial charge < -0.3 is 44.2 Å². The fourth-order valence-electron chi connectivity index (χ4n) is 9.59. The highest BCUT2D eigenvalue weighted by atomic mass is 16.7. The van der Waals surface area contributed by atoms with E-state index in [1.54, 1.807) is 6.07 Å². The summed E-state index contributed by atoms with van der Waals surface area (Å²) in [5.41, 5.74) is -0.372. The van der Waals surface area contributed by atoms with Crippen LogP contribution in [0.15, 0.2) is 39.3 Å². The topological polar surface area (TPSA) is 176 Å². The van der Waals surface area contributed by atoms with Gasteiger partial charge in [-0.3, -0.25) is 4.79 Å². The Morgan fingerprint density at radius 1 is 1.05 bits per heavy atom. The number of aliphatic hydroxyl groups excluding tert-OH is 4. The van der Waals surface area contributed by atoms with E-state index in [1.807, 2.05) is 0 Å². The third-order valence-electron chi connectivity index (χ3n) is 11.8. The average molecular weight is 605 g/mol. The van der Waals surface area contributed by atoms with Crippen LogP contribution < -0.4 is 5.63 Å². The molecule has 0 spiro atoms.